The minimum atomic E-state index is 0.541. The topological polar surface area (TPSA) is 17.8 Å². The van der Waals surface area contributed by atoms with Gasteiger partial charge in [0.25, 0.3) is 0 Å². The Balaban J connectivity index is 1.83. The Morgan fingerprint density at radius 3 is 2.78 bits per heavy atom. The zero-order valence-electron chi connectivity index (χ0n) is 10.5. The standard InChI is InChI=1S/C16H18N2/c1-2-6-12(7-3-1)16-14-9-5-4-8-13(14)15-10-17-11-18(15)16/h4-5,8-12,16H,1-3,6-7H2. The summed E-state index contributed by atoms with van der Waals surface area (Å²) in [7, 11) is 0. The van der Waals surface area contributed by atoms with Gasteiger partial charge in [0.2, 0.25) is 0 Å². The second-order valence-corrected chi connectivity index (χ2v) is 5.62. The zero-order chi connectivity index (χ0) is 11.9. The molecule has 2 aliphatic rings. The predicted octanol–water partition coefficient (Wildman–Crippen LogP) is 4.03. The number of rotatable bonds is 1. The van der Waals surface area contributed by atoms with E-state index in [4.69, 9.17) is 0 Å². The molecule has 0 spiro atoms. The van der Waals surface area contributed by atoms with Gasteiger partial charge in [-0.05, 0) is 24.3 Å². The Kier molecular flexibility index (Phi) is 2.29. The maximum Gasteiger partial charge on any atom is 0.0956 e. The largest absolute Gasteiger partial charge is 0.323 e. The van der Waals surface area contributed by atoms with Crippen molar-refractivity contribution in [3.63, 3.8) is 0 Å². The first-order valence-electron chi connectivity index (χ1n) is 7.06. The van der Waals surface area contributed by atoms with Gasteiger partial charge in [0.15, 0.2) is 0 Å². The molecule has 0 bridgehead atoms. The summed E-state index contributed by atoms with van der Waals surface area (Å²) in [5.41, 5.74) is 4.22. The van der Waals surface area contributed by atoms with Crippen molar-refractivity contribution in [3.05, 3.63) is 42.4 Å². The fourth-order valence-corrected chi connectivity index (χ4v) is 3.80. The lowest BCUT2D eigenvalue weighted by Crippen LogP contribution is -2.19. The lowest BCUT2D eigenvalue weighted by molar-refractivity contribution is 0.286. The summed E-state index contributed by atoms with van der Waals surface area (Å²) in [5, 5.41) is 0. The van der Waals surface area contributed by atoms with Crippen LogP contribution in [-0.2, 0) is 0 Å². The van der Waals surface area contributed by atoms with E-state index in [-0.39, 0.29) is 0 Å². The van der Waals surface area contributed by atoms with Gasteiger partial charge in [-0.2, -0.15) is 0 Å². The molecule has 4 rings (SSSR count). The summed E-state index contributed by atoms with van der Waals surface area (Å²) >= 11 is 0. The summed E-state index contributed by atoms with van der Waals surface area (Å²) in [6.45, 7) is 0. The Hall–Kier alpha value is -1.57. The molecule has 1 saturated carbocycles. The highest BCUT2D eigenvalue weighted by molar-refractivity contribution is 5.69. The molecular formula is C16H18N2. The molecule has 1 unspecified atom stereocenters. The van der Waals surface area contributed by atoms with Crippen LogP contribution in [0.15, 0.2) is 36.8 Å². The van der Waals surface area contributed by atoms with Crippen molar-refractivity contribution < 1.29 is 0 Å². The number of imidazole rings is 1. The fourth-order valence-electron chi connectivity index (χ4n) is 3.80. The summed E-state index contributed by atoms with van der Waals surface area (Å²) in [6.07, 6.45) is 11.0. The highest BCUT2D eigenvalue weighted by Gasteiger charge is 2.34. The Morgan fingerprint density at radius 1 is 1.06 bits per heavy atom. The maximum atomic E-state index is 4.35. The minimum absolute atomic E-state index is 0.541. The van der Waals surface area contributed by atoms with Crippen LogP contribution < -0.4 is 0 Å². The molecule has 2 aromatic rings. The van der Waals surface area contributed by atoms with Crippen LogP contribution >= 0.6 is 0 Å². The average Bonchev–Trinajstić information content (AvgIpc) is 2.99. The quantitative estimate of drug-likeness (QED) is 0.733. The number of benzene rings is 1. The molecule has 1 atom stereocenters. The third-order valence-electron chi connectivity index (χ3n) is 4.62. The van der Waals surface area contributed by atoms with E-state index in [1.165, 1.54) is 48.9 Å². The minimum Gasteiger partial charge on any atom is -0.323 e. The van der Waals surface area contributed by atoms with Gasteiger partial charge in [0.1, 0.15) is 0 Å². The van der Waals surface area contributed by atoms with E-state index < -0.39 is 0 Å². The van der Waals surface area contributed by atoms with Crippen molar-refractivity contribution >= 4 is 0 Å². The van der Waals surface area contributed by atoms with E-state index in [0.717, 1.165) is 5.92 Å². The zero-order valence-corrected chi connectivity index (χ0v) is 10.5. The van der Waals surface area contributed by atoms with E-state index in [1.54, 1.807) is 0 Å². The van der Waals surface area contributed by atoms with E-state index in [1.807, 2.05) is 12.5 Å². The first kappa shape index (κ1) is 10.4. The Labute approximate surface area is 108 Å². The van der Waals surface area contributed by atoms with Crippen LogP contribution in [0.3, 0.4) is 0 Å². The van der Waals surface area contributed by atoms with E-state index >= 15 is 0 Å². The number of aromatic nitrogens is 2. The van der Waals surface area contributed by atoms with Crippen LogP contribution in [0.4, 0.5) is 0 Å². The lowest BCUT2D eigenvalue weighted by atomic mass is 9.81. The molecule has 0 saturated heterocycles. The van der Waals surface area contributed by atoms with E-state index in [2.05, 4.69) is 33.8 Å². The van der Waals surface area contributed by atoms with Crippen LogP contribution in [0.1, 0.15) is 43.7 Å². The molecule has 0 radical (unpaired) electrons. The van der Waals surface area contributed by atoms with E-state index in [0.29, 0.717) is 6.04 Å². The molecule has 18 heavy (non-hydrogen) atoms. The number of hydrogen-bond acceptors (Lipinski definition) is 1. The number of fused-ring (bicyclic) bond motifs is 3. The molecule has 2 heteroatoms. The second-order valence-electron chi connectivity index (χ2n) is 5.62. The second kappa shape index (κ2) is 3.98. The third kappa shape index (κ3) is 1.38. The molecule has 0 amide bonds. The molecule has 1 aromatic carbocycles. The van der Waals surface area contributed by atoms with Gasteiger partial charge in [-0.15, -0.1) is 0 Å². The van der Waals surface area contributed by atoms with Gasteiger partial charge < -0.3 is 4.57 Å². The Bertz CT molecular complexity index is 564. The van der Waals surface area contributed by atoms with Crippen molar-refractivity contribution in [2.45, 2.75) is 38.1 Å². The molecule has 1 aromatic heterocycles. The highest BCUT2D eigenvalue weighted by Crippen LogP contribution is 2.46. The molecule has 1 aliphatic carbocycles. The highest BCUT2D eigenvalue weighted by atomic mass is 15.1. The van der Waals surface area contributed by atoms with Gasteiger partial charge in [-0.3, -0.25) is 0 Å². The van der Waals surface area contributed by atoms with Crippen molar-refractivity contribution in [1.82, 2.24) is 9.55 Å². The maximum absolute atomic E-state index is 4.35. The van der Waals surface area contributed by atoms with Crippen molar-refractivity contribution in [3.8, 4) is 11.3 Å². The smallest absolute Gasteiger partial charge is 0.0956 e. The molecule has 2 heterocycles. The normalized spacial score (nSPS) is 22.8. The van der Waals surface area contributed by atoms with Crippen LogP contribution in [0.2, 0.25) is 0 Å². The lowest BCUT2D eigenvalue weighted by Gasteiger charge is -2.29. The Morgan fingerprint density at radius 2 is 1.89 bits per heavy atom. The summed E-state index contributed by atoms with van der Waals surface area (Å²) in [5.74, 6) is 0.801. The van der Waals surface area contributed by atoms with Crippen molar-refractivity contribution in [2.75, 3.05) is 0 Å². The van der Waals surface area contributed by atoms with Gasteiger partial charge in [0.05, 0.1) is 24.3 Å². The summed E-state index contributed by atoms with van der Waals surface area (Å²) < 4.78 is 2.40. The number of hydrogen-bond donors (Lipinski definition) is 0. The van der Waals surface area contributed by atoms with Crippen molar-refractivity contribution in [2.24, 2.45) is 5.92 Å². The van der Waals surface area contributed by atoms with Crippen LogP contribution in [-0.4, -0.2) is 9.55 Å². The number of nitrogens with zero attached hydrogens (tertiary/aromatic N) is 2. The molecule has 2 nitrogen and oxygen atoms in total. The van der Waals surface area contributed by atoms with Crippen LogP contribution in [0.25, 0.3) is 11.3 Å². The summed E-state index contributed by atoms with van der Waals surface area (Å²) in [6, 6.07) is 9.40. The first-order chi connectivity index (χ1) is 8.95. The molecule has 1 aliphatic heterocycles. The van der Waals surface area contributed by atoms with Gasteiger partial charge >= 0.3 is 0 Å². The van der Waals surface area contributed by atoms with Gasteiger partial charge in [-0.25, -0.2) is 4.98 Å². The molecule has 1 fully saturated rings. The molecule has 92 valence electrons. The monoisotopic (exact) mass is 238 g/mol. The van der Waals surface area contributed by atoms with Crippen molar-refractivity contribution in [1.29, 1.82) is 0 Å². The third-order valence-corrected chi connectivity index (χ3v) is 4.62. The average molecular weight is 238 g/mol. The van der Waals surface area contributed by atoms with Crippen LogP contribution in [0, 0.1) is 5.92 Å². The fraction of sp³-hybridized carbons (Fsp3) is 0.438. The predicted molar refractivity (Wildman–Crippen MR) is 72.4 cm³/mol. The van der Waals surface area contributed by atoms with Gasteiger partial charge in [-0.1, -0.05) is 43.5 Å². The van der Waals surface area contributed by atoms with Crippen LogP contribution in [0.5, 0.6) is 0 Å². The SMILES string of the molecule is c1ccc2c(c1)-c1cncn1C2C1CCCCC1. The summed E-state index contributed by atoms with van der Waals surface area (Å²) in [4.78, 5) is 4.35. The van der Waals surface area contributed by atoms with Gasteiger partial charge in [0, 0.05) is 5.56 Å². The van der Waals surface area contributed by atoms with E-state index in [9.17, 15) is 0 Å². The molecule has 0 N–H and O–H groups in total. The molecular weight excluding hydrogens is 220 g/mol. The first-order valence-corrected chi connectivity index (χ1v) is 7.06.